The summed E-state index contributed by atoms with van der Waals surface area (Å²) in [6.07, 6.45) is 6.54. The van der Waals surface area contributed by atoms with Crippen LogP contribution in [0.2, 0.25) is 0 Å². The molecule has 126 valence electrons. The molecule has 0 spiro atoms. The van der Waals surface area contributed by atoms with E-state index in [2.05, 4.69) is 54.2 Å². The monoisotopic (exact) mass is 318 g/mol. The van der Waals surface area contributed by atoms with Gasteiger partial charge in [0.05, 0.1) is 12.4 Å². The third-order valence-electron chi connectivity index (χ3n) is 4.43. The minimum Gasteiger partial charge on any atom is -0.382 e. The van der Waals surface area contributed by atoms with Crippen molar-refractivity contribution >= 4 is 0 Å². The highest BCUT2D eigenvalue weighted by Crippen LogP contribution is 2.31. The number of hydrogen-bond acceptors (Lipinski definition) is 5. The van der Waals surface area contributed by atoms with Gasteiger partial charge in [-0.05, 0) is 34.1 Å². The minimum atomic E-state index is -0.902. The van der Waals surface area contributed by atoms with Crippen LogP contribution < -0.4 is 0 Å². The second-order valence-corrected chi connectivity index (χ2v) is 7.09. The van der Waals surface area contributed by atoms with Crippen molar-refractivity contribution < 1.29 is 5.11 Å². The highest BCUT2D eigenvalue weighted by molar-refractivity contribution is 5.13. The molecule has 7 heteroatoms. The fraction of sp³-hybridized carbons (Fsp3) is 0.688. The van der Waals surface area contributed by atoms with Gasteiger partial charge in [-0.2, -0.15) is 5.10 Å². The van der Waals surface area contributed by atoms with Gasteiger partial charge in [0.2, 0.25) is 0 Å². The average Bonchev–Trinajstić information content (AvgIpc) is 3.19. The van der Waals surface area contributed by atoms with Crippen LogP contribution in [0.1, 0.15) is 57.5 Å². The highest BCUT2D eigenvalue weighted by atomic mass is 16.3. The molecule has 0 aliphatic carbocycles. The Morgan fingerprint density at radius 2 is 1.91 bits per heavy atom. The van der Waals surface area contributed by atoms with Gasteiger partial charge >= 0.3 is 0 Å². The summed E-state index contributed by atoms with van der Waals surface area (Å²) in [5, 5.41) is 23.6. The Bertz CT molecular complexity index is 661. The van der Waals surface area contributed by atoms with Crippen molar-refractivity contribution in [1.29, 1.82) is 0 Å². The first-order chi connectivity index (χ1) is 10.9. The maximum Gasteiger partial charge on any atom is 0.124 e. The molecule has 1 fully saturated rings. The van der Waals surface area contributed by atoms with Crippen LogP contribution in [0.25, 0.3) is 0 Å². The lowest BCUT2D eigenvalue weighted by Crippen LogP contribution is -2.31. The fourth-order valence-electron chi connectivity index (χ4n) is 2.96. The number of aliphatic hydroxyl groups is 1. The smallest absolute Gasteiger partial charge is 0.124 e. The van der Waals surface area contributed by atoms with Gasteiger partial charge in [0.15, 0.2) is 0 Å². The van der Waals surface area contributed by atoms with E-state index in [0.29, 0.717) is 24.7 Å². The third-order valence-corrected chi connectivity index (χ3v) is 4.43. The van der Waals surface area contributed by atoms with Gasteiger partial charge < -0.3 is 5.11 Å². The third kappa shape index (κ3) is 3.30. The summed E-state index contributed by atoms with van der Waals surface area (Å²) in [6, 6.07) is 0.615. The van der Waals surface area contributed by atoms with Gasteiger partial charge in [-0.1, -0.05) is 5.21 Å². The number of aromatic nitrogens is 5. The molecular formula is C16H26N6O. The lowest BCUT2D eigenvalue weighted by Gasteiger charge is -2.20. The summed E-state index contributed by atoms with van der Waals surface area (Å²) >= 11 is 0. The Morgan fingerprint density at radius 1 is 1.17 bits per heavy atom. The molecule has 1 saturated heterocycles. The molecule has 0 saturated carbocycles. The molecule has 0 aromatic carbocycles. The number of nitrogens with zero attached hydrogens (tertiary/aromatic N) is 6. The van der Waals surface area contributed by atoms with Crippen LogP contribution in [0.4, 0.5) is 0 Å². The molecule has 23 heavy (non-hydrogen) atoms. The number of rotatable bonds is 5. The van der Waals surface area contributed by atoms with E-state index in [0.717, 1.165) is 13.1 Å². The topological polar surface area (TPSA) is 72.0 Å². The molecule has 7 nitrogen and oxygen atoms in total. The maximum atomic E-state index is 10.9. The molecule has 2 aromatic rings. The Kier molecular flexibility index (Phi) is 4.25. The largest absolute Gasteiger partial charge is 0.382 e. The van der Waals surface area contributed by atoms with Gasteiger partial charge in [0, 0.05) is 43.5 Å². The molecule has 3 heterocycles. The molecule has 1 N–H and O–H groups in total. The summed E-state index contributed by atoms with van der Waals surface area (Å²) in [4.78, 5) is 2.25. The van der Waals surface area contributed by atoms with Gasteiger partial charge in [-0.25, -0.2) is 4.68 Å². The zero-order chi connectivity index (χ0) is 16.6. The second kappa shape index (κ2) is 6.05. The standard InChI is InChI=1S/C16H26N6O/c1-12(2)21-9-14(7-17-21)8-20-6-5-16(23,11-20)15-10-22(13(3)4)19-18-15/h7,9-10,12-13,23H,5-6,8,11H2,1-4H3/t16-/m0/s1. The Hall–Kier alpha value is -1.73. The minimum absolute atomic E-state index is 0.249. The van der Waals surface area contributed by atoms with Gasteiger partial charge in [-0.15, -0.1) is 5.10 Å². The molecule has 0 radical (unpaired) electrons. The zero-order valence-electron chi connectivity index (χ0n) is 14.3. The van der Waals surface area contributed by atoms with Crippen LogP contribution in [0, 0.1) is 0 Å². The van der Waals surface area contributed by atoms with Crippen molar-refractivity contribution in [2.45, 2.75) is 58.3 Å². The van der Waals surface area contributed by atoms with E-state index >= 15 is 0 Å². The molecule has 3 rings (SSSR count). The first kappa shape index (κ1) is 16.1. The van der Waals surface area contributed by atoms with Crippen LogP contribution in [0.15, 0.2) is 18.6 Å². The molecule has 0 amide bonds. The predicted octanol–water partition coefficient (Wildman–Crippen LogP) is 1.73. The normalized spacial score (nSPS) is 22.6. The SMILES string of the molecule is CC(C)n1cc(CN2CC[C@@](O)(c3cn(C(C)C)nn3)C2)cn1. The fourth-order valence-corrected chi connectivity index (χ4v) is 2.96. The molecule has 0 bridgehead atoms. The van der Waals surface area contributed by atoms with Crippen molar-refractivity contribution in [3.63, 3.8) is 0 Å². The quantitative estimate of drug-likeness (QED) is 0.909. The Labute approximate surface area is 136 Å². The zero-order valence-corrected chi connectivity index (χ0v) is 14.3. The number of β-amino-alcohol motifs (C(OH)–C–C–N with tert-alkyl or cyclic N) is 1. The highest BCUT2D eigenvalue weighted by Gasteiger charge is 2.40. The van der Waals surface area contributed by atoms with Crippen molar-refractivity contribution in [3.8, 4) is 0 Å². The summed E-state index contributed by atoms with van der Waals surface area (Å²) in [7, 11) is 0. The van der Waals surface area contributed by atoms with Crippen LogP contribution >= 0.6 is 0 Å². The van der Waals surface area contributed by atoms with E-state index in [-0.39, 0.29) is 6.04 Å². The molecule has 1 aliphatic heterocycles. The summed E-state index contributed by atoms with van der Waals surface area (Å²) in [5.41, 5.74) is 0.946. The van der Waals surface area contributed by atoms with Crippen LogP contribution in [-0.4, -0.2) is 47.9 Å². The van der Waals surface area contributed by atoms with Crippen LogP contribution in [0.5, 0.6) is 0 Å². The lowest BCUT2D eigenvalue weighted by atomic mass is 10.00. The van der Waals surface area contributed by atoms with E-state index in [1.807, 2.05) is 17.1 Å². The van der Waals surface area contributed by atoms with E-state index in [4.69, 9.17) is 0 Å². The van der Waals surface area contributed by atoms with E-state index in [9.17, 15) is 5.11 Å². The second-order valence-electron chi connectivity index (χ2n) is 7.09. The van der Waals surface area contributed by atoms with Crippen molar-refractivity contribution in [1.82, 2.24) is 29.7 Å². The Balaban J connectivity index is 1.66. The molecule has 0 unspecified atom stereocenters. The van der Waals surface area contributed by atoms with Crippen molar-refractivity contribution in [2.24, 2.45) is 0 Å². The average molecular weight is 318 g/mol. The van der Waals surface area contributed by atoms with Crippen molar-refractivity contribution in [3.05, 3.63) is 29.8 Å². The van der Waals surface area contributed by atoms with Gasteiger partial charge in [0.1, 0.15) is 11.3 Å². The maximum absolute atomic E-state index is 10.9. The molecular weight excluding hydrogens is 292 g/mol. The first-order valence-electron chi connectivity index (χ1n) is 8.27. The molecule has 1 atom stereocenters. The summed E-state index contributed by atoms with van der Waals surface area (Å²) < 4.78 is 3.76. The Morgan fingerprint density at radius 3 is 2.52 bits per heavy atom. The van der Waals surface area contributed by atoms with E-state index in [1.165, 1.54) is 5.56 Å². The molecule has 1 aliphatic rings. The van der Waals surface area contributed by atoms with E-state index in [1.54, 1.807) is 4.68 Å². The van der Waals surface area contributed by atoms with Crippen molar-refractivity contribution in [2.75, 3.05) is 13.1 Å². The van der Waals surface area contributed by atoms with E-state index < -0.39 is 5.60 Å². The lowest BCUT2D eigenvalue weighted by molar-refractivity contribution is 0.0408. The van der Waals surface area contributed by atoms with Crippen LogP contribution in [-0.2, 0) is 12.1 Å². The summed E-state index contributed by atoms with van der Waals surface area (Å²) in [6.45, 7) is 10.6. The van der Waals surface area contributed by atoms with Crippen LogP contribution in [0.3, 0.4) is 0 Å². The van der Waals surface area contributed by atoms with Gasteiger partial charge in [0.25, 0.3) is 0 Å². The first-order valence-corrected chi connectivity index (χ1v) is 8.27. The number of likely N-dealkylation sites (tertiary alicyclic amines) is 1. The molecule has 2 aromatic heterocycles. The summed E-state index contributed by atoms with van der Waals surface area (Å²) in [5.74, 6) is 0. The number of hydrogen-bond donors (Lipinski definition) is 1. The van der Waals surface area contributed by atoms with Gasteiger partial charge in [-0.3, -0.25) is 9.58 Å². The predicted molar refractivity (Wildman–Crippen MR) is 86.8 cm³/mol.